The molecular weight excluding hydrogens is 378 g/mol. The molecule has 5 nitrogen and oxygen atoms in total. The molecule has 28 heavy (non-hydrogen) atoms. The molecule has 152 valence electrons. The summed E-state index contributed by atoms with van der Waals surface area (Å²) < 4.78 is 11.0. The van der Waals surface area contributed by atoms with Gasteiger partial charge in [-0.1, -0.05) is 29.8 Å². The van der Waals surface area contributed by atoms with Crippen LogP contribution in [0.2, 0.25) is 5.02 Å². The second-order valence-electron chi connectivity index (χ2n) is 7.47. The van der Waals surface area contributed by atoms with E-state index in [9.17, 15) is 10.2 Å². The van der Waals surface area contributed by atoms with E-state index in [4.69, 9.17) is 21.1 Å². The highest BCUT2D eigenvalue weighted by molar-refractivity contribution is 6.32. The summed E-state index contributed by atoms with van der Waals surface area (Å²) in [5.74, 6) is 1.23. The van der Waals surface area contributed by atoms with E-state index in [0.717, 1.165) is 50.2 Å². The fraction of sp³-hybridized carbons (Fsp3) is 0.455. The molecule has 1 aliphatic heterocycles. The van der Waals surface area contributed by atoms with Crippen molar-refractivity contribution in [2.24, 2.45) is 5.41 Å². The summed E-state index contributed by atoms with van der Waals surface area (Å²) in [5, 5.41) is 20.2. The van der Waals surface area contributed by atoms with Gasteiger partial charge < -0.3 is 19.7 Å². The van der Waals surface area contributed by atoms with Gasteiger partial charge in [-0.25, -0.2) is 0 Å². The van der Waals surface area contributed by atoms with Crippen LogP contribution < -0.4 is 9.47 Å². The number of phenols is 1. The van der Waals surface area contributed by atoms with Crippen LogP contribution >= 0.6 is 11.6 Å². The Bertz CT molecular complexity index is 761. The maximum atomic E-state index is 10.0. The Labute approximate surface area is 171 Å². The number of hydrogen-bond acceptors (Lipinski definition) is 5. The predicted molar refractivity (Wildman–Crippen MR) is 110 cm³/mol. The number of phenolic OH excluding ortho intramolecular Hbond substituents is 1. The van der Waals surface area contributed by atoms with Gasteiger partial charge in [-0.05, 0) is 67.6 Å². The summed E-state index contributed by atoms with van der Waals surface area (Å²) in [5.41, 5.74) is 0.916. The molecule has 2 aromatic carbocycles. The Morgan fingerprint density at radius 2 is 1.86 bits per heavy atom. The van der Waals surface area contributed by atoms with Crippen molar-refractivity contribution < 1.29 is 19.7 Å². The molecule has 0 saturated carbocycles. The van der Waals surface area contributed by atoms with E-state index >= 15 is 0 Å². The van der Waals surface area contributed by atoms with Crippen LogP contribution in [0.1, 0.15) is 24.8 Å². The monoisotopic (exact) mass is 405 g/mol. The maximum absolute atomic E-state index is 10.0. The third-order valence-corrected chi connectivity index (χ3v) is 5.90. The second-order valence-corrected chi connectivity index (χ2v) is 7.88. The highest BCUT2D eigenvalue weighted by Gasteiger charge is 2.34. The first-order valence-electron chi connectivity index (χ1n) is 9.62. The number of likely N-dealkylation sites (tertiary alicyclic amines) is 1. The minimum absolute atomic E-state index is 0.0238. The number of hydrogen-bond donors (Lipinski definition) is 2. The van der Waals surface area contributed by atoms with E-state index < -0.39 is 0 Å². The summed E-state index contributed by atoms with van der Waals surface area (Å²) in [7, 11) is 1.52. The van der Waals surface area contributed by atoms with Crippen LogP contribution in [0.3, 0.4) is 0 Å². The number of benzene rings is 2. The van der Waals surface area contributed by atoms with Crippen LogP contribution in [0, 0.1) is 5.41 Å². The fourth-order valence-corrected chi connectivity index (χ4v) is 3.94. The molecule has 2 aromatic rings. The largest absolute Gasteiger partial charge is 0.503 e. The van der Waals surface area contributed by atoms with Gasteiger partial charge in [0, 0.05) is 13.2 Å². The maximum Gasteiger partial charge on any atom is 0.176 e. The highest BCUT2D eigenvalue weighted by Crippen LogP contribution is 2.37. The molecule has 0 radical (unpaired) electrons. The minimum Gasteiger partial charge on any atom is -0.503 e. The number of aromatic hydroxyl groups is 1. The Hall–Kier alpha value is -1.95. The average molecular weight is 406 g/mol. The van der Waals surface area contributed by atoms with Crippen molar-refractivity contribution in [2.45, 2.75) is 25.8 Å². The molecule has 3 rings (SSSR count). The van der Waals surface area contributed by atoms with Crippen molar-refractivity contribution in [3.63, 3.8) is 0 Å². The quantitative estimate of drug-likeness (QED) is 0.692. The van der Waals surface area contributed by atoms with E-state index in [1.165, 1.54) is 7.11 Å². The van der Waals surface area contributed by atoms with E-state index in [2.05, 4.69) is 4.90 Å². The molecule has 0 aromatic heterocycles. The molecule has 0 atom stereocenters. The van der Waals surface area contributed by atoms with Gasteiger partial charge in [0.15, 0.2) is 11.5 Å². The standard InChI is InChI=1S/C22H28ClNO4/c1-27-20-14-17(13-19(23)21(20)26)15-24-10-7-22(16-25,8-11-24)9-12-28-18-5-3-2-4-6-18/h2-6,13-14,25-26H,7-12,15-16H2,1H3. The molecule has 0 aliphatic carbocycles. The van der Waals surface area contributed by atoms with Crippen molar-refractivity contribution in [1.29, 1.82) is 0 Å². The summed E-state index contributed by atoms with van der Waals surface area (Å²) in [6.45, 7) is 3.31. The number of piperidine rings is 1. The van der Waals surface area contributed by atoms with Crippen LogP contribution in [0.4, 0.5) is 0 Å². The lowest BCUT2D eigenvalue weighted by molar-refractivity contribution is 0.0243. The molecule has 1 aliphatic rings. The molecule has 0 spiro atoms. The number of aliphatic hydroxyl groups excluding tert-OH is 1. The van der Waals surface area contributed by atoms with Crippen LogP contribution in [0.5, 0.6) is 17.2 Å². The first-order chi connectivity index (χ1) is 13.5. The van der Waals surface area contributed by atoms with Gasteiger partial charge in [-0.15, -0.1) is 0 Å². The Morgan fingerprint density at radius 1 is 1.14 bits per heavy atom. The smallest absolute Gasteiger partial charge is 0.176 e. The number of methoxy groups -OCH3 is 1. The molecular formula is C22H28ClNO4. The van der Waals surface area contributed by atoms with Gasteiger partial charge in [-0.2, -0.15) is 0 Å². The number of aliphatic hydroxyl groups is 1. The summed E-state index contributed by atoms with van der Waals surface area (Å²) in [4.78, 5) is 2.34. The summed E-state index contributed by atoms with van der Waals surface area (Å²) in [6, 6.07) is 13.4. The van der Waals surface area contributed by atoms with Crippen LogP contribution in [0.25, 0.3) is 0 Å². The van der Waals surface area contributed by atoms with Crippen LogP contribution in [-0.2, 0) is 6.54 Å². The zero-order valence-corrected chi connectivity index (χ0v) is 17.0. The highest BCUT2D eigenvalue weighted by atomic mass is 35.5. The van der Waals surface area contributed by atoms with Crippen molar-refractivity contribution in [2.75, 3.05) is 33.4 Å². The molecule has 2 N–H and O–H groups in total. The van der Waals surface area contributed by atoms with Crippen molar-refractivity contribution in [3.8, 4) is 17.2 Å². The van der Waals surface area contributed by atoms with Gasteiger partial charge in [0.25, 0.3) is 0 Å². The Kier molecular flexibility index (Phi) is 7.05. The Morgan fingerprint density at radius 3 is 2.50 bits per heavy atom. The molecule has 6 heteroatoms. The number of ether oxygens (including phenoxy) is 2. The lowest BCUT2D eigenvalue weighted by atomic mass is 9.76. The minimum atomic E-state index is -0.0877. The number of rotatable bonds is 8. The first kappa shape index (κ1) is 20.8. The zero-order valence-electron chi connectivity index (χ0n) is 16.2. The molecule has 0 amide bonds. The van der Waals surface area contributed by atoms with Gasteiger partial charge in [0.05, 0.1) is 18.7 Å². The van der Waals surface area contributed by atoms with E-state index in [0.29, 0.717) is 17.4 Å². The molecule has 0 unspecified atom stereocenters. The number of para-hydroxylation sites is 1. The SMILES string of the molecule is COc1cc(CN2CCC(CO)(CCOc3ccccc3)CC2)cc(Cl)c1O. The Balaban J connectivity index is 1.53. The van der Waals surface area contributed by atoms with Crippen molar-refractivity contribution in [3.05, 3.63) is 53.1 Å². The second kappa shape index (κ2) is 9.50. The lowest BCUT2D eigenvalue weighted by Gasteiger charge is -2.40. The third kappa shape index (κ3) is 5.10. The lowest BCUT2D eigenvalue weighted by Crippen LogP contribution is -2.42. The number of halogens is 1. The first-order valence-corrected chi connectivity index (χ1v) is 9.99. The van der Waals surface area contributed by atoms with Crippen molar-refractivity contribution in [1.82, 2.24) is 4.90 Å². The van der Waals surface area contributed by atoms with E-state index in [1.54, 1.807) is 6.07 Å². The predicted octanol–water partition coefficient (Wildman–Crippen LogP) is 4.10. The summed E-state index contributed by atoms with van der Waals surface area (Å²) >= 11 is 6.10. The topological polar surface area (TPSA) is 62.2 Å². The van der Waals surface area contributed by atoms with Crippen LogP contribution in [0.15, 0.2) is 42.5 Å². The molecule has 1 heterocycles. The summed E-state index contributed by atoms with van der Waals surface area (Å²) in [6.07, 6.45) is 2.68. The third-order valence-electron chi connectivity index (χ3n) is 5.61. The van der Waals surface area contributed by atoms with Gasteiger partial charge in [0.2, 0.25) is 0 Å². The average Bonchev–Trinajstić information content (AvgIpc) is 2.73. The van der Waals surface area contributed by atoms with Gasteiger partial charge in [-0.3, -0.25) is 4.90 Å². The molecule has 0 bridgehead atoms. The molecule has 1 saturated heterocycles. The van der Waals surface area contributed by atoms with E-state index in [-0.39, 0.29) is 17.8 Å². The van der Waals surface area contributed by atoms with Gasteiger partial charge >= 0.3 is 0 Å². The molecule has 1 fully saturated rings. The van der Waals surface area contributed by atoms with Gasteiger partial charge in [0.1, 0.15) is 5.75 Å². The number of nitrogens with zero attached hydrogens (tertiary/aromatic N) is 1. The van der Waals surface area contributed by atoms with Crippen molar-refractivity contribution >= 4 is 11.6 Å². The fourth-order valence-electron chi connectivity index (χ4n) is 3.71. The zero-order chi connectivity index (χ0) is 20.0. The normalized spacial score (nSPS) is 16.7. The van der Waals surface area contributed by atoms with Crippen LogP contribution in [-0.4, -0.2) is 48.5 Å². The van der Waals surface area contributed by atoms with E-state index in [1.807, 2.05) is 36.4 Å².